The van der Waals surface area contributed by atoms with E-state index < -0.39 is 41.4 Å². The SMILES string of the molecule is CC(C)(C)OC(=O)[C@@H]1C[C@H](Oc2cc(Cl)cc(C(=O)O)c2)CN1C(=O)OC(C)(C)C. The number of likely N-dealkylation sites (tertiary alicyclic amines) is 1. The molecule has 0 aliphatic carbocycles. The van der Waals surface area contributed by atoms with Crippen molar-refractivity contribution >= 4 is 29.6 Å². The van der Waals surface area contributed by atoms with E-state index in [-0.39, 0.29) is 29.3 Å². The third kappa shape index (κ3) is 6.79. The molecule has 1 aliphatic rings. The summed E-state index contributed by atoms with van der Waals surface area (Å²) < 4.78 is 16.7. The first-order valence-corrected chi connectivity index (χ1v) is 9.95. The van der Waals surface area contributed by atoms with Gasteiger partial charge in [-0.15, -0.1) is 0 Å². The summed E-state index contributed by atoms with van der Waals surface area (Å²) in [6.07, 6.45) is -1.06. The number of rotatable bonds is 4. The lowest BCUT2D eigenvalue weighted by atomic mass is 10.1. The number of hydrogen-bond acceptors (Lipinski definition) is 6. The molecule has 30 heavy (non-hydrogen) atoms. The first-order valence-electron chi connectivity index (χ1n) is 9.57. The maximum atomic E-state index is 12.7. The van der Waals surface area contributed by atoms with E-state index in [0.29, 0.717) is 0 Å². The van der Waals surface area contributed by atoms with Crippen LogP contribution in [0.2, 0.25) is 5.02 Å². The zero-order chi connectivity index (χ0) is 22.9. The van der Waals surface area contributed by atoms with Crippen molar-refractivity contribution in [3.63, 3.8) is 0 Å². The first-order chi connectivity index (χ1) is 13.6. The average Bonchev–Trinajstić information content (AvgIpc) is 2.95. The van der Waals surface area contributed by atoms with Crippen LogP contribution in [0.1, 0.15) is 58.3 Å². The van der Waals surface area contributed by atoms with Gasteiger partial charge in [0.1, 0.15) is 29.1 Å². The van der Waals surface area contributed by atoms with Crippen molar-refractivity contribution in [3.05, 3.63) is 28.8 Å². The van der Waals surface area contributed by atoms with Crippen LogP contribution in [0.4, 0.5) is 4.79 Å². The fourth-order valence-corrected chi connectivity index (χ4v) is 3.17. The number of aromatic carboxylic acids is 1. The molecular weight excluding hydrogens is 414 g/mol. The van der Waals surface area contributed by atoms with Gasteiger partial charge >= 0.3 is 18.0 Å². The van der Waals surface area contributed by atoms with Gasteiger partial charge in [-0.3, -0.25) is 4.90 Å². The highest BCUT2D eigenvalue weighted by atomic mass is 35.5. The Morgan fingerprint density at radius 1 is 1.03 bits per heavy atom. The van der Waals surface area contributed by atoms with Crippen LogP contribution in [0.3, 0.4) is 0 Å². The molecule has 8 nitrogen and oxygen atoms in total. The zero-order valence-electron chi connectivity index (χ0n) is 18.0. The summed E-state index contributed by atoms with van der Waals surface area (Å²) in [6.45, 7) is 10.5. The molecule has 2 atom stereocenters. The second-order valence-electron chi connectivity index (χ2n) is 9.14. The van der Waals surface area contributed by atoms with Crippen molar-refractivity contribution in [2.45, 2.75) is 71.3 Å². The molecule has 0 radical (unpaired) electrons. The van der Waals surface area contributed by atoms with Crippen LogP contribution in [0.15, 0.2) is 18.2 Å². The topological polar surface area (TPSA) is 102 Å². The molecule has 0 aromatic heterocycles. The number of amides is 1. The van der Waals surface area contributed by atoms with Crippen LogP contribution in [0, 0.1) is 0 Å². The molecule has 0 saturated carbocycles. The molecule has 1 amide bonds. The minimum Gasteiger partial charge on any atom is -0.488 e. The van der Waals surface area contributed by atoms with Gasteiger partial charge in [0.2, 0.25) is 0 Å². The fourth-order valence-electron chi connectivity index (χ4n) is 2.95. The van der Waals surface area contributed by atoms with Crippen LogP contribution in [0.25, 0.3) is 0 Å². The number of halogens is 1. The average molecular weight is 442 g/mol. The Morgan fingerprint density at radius 2 is 1.63 bits per heavy atom. The number of ether oxygens (including phenoxy) is 3. The van der Waals surface area contributed by atoms with E-state index >= 15 is 0 Å². The van der Waals surface area contributed by atoms with E-state index in [9.17, 15) is 19.5 Å². The lowest BCUT2D eigenvalue weighted by Gasteiger charge is -2.29. The van der Waals surface area contributed by atoms with Crippen molar-refractivity contribution in [1.29, 1.82) is 0 Å². The minimum atomic E-state index is -1.14. The number of hydrogen-bond donors (Lipinski definition) is 1. The summed E-state index contributed by atoms with van der Waals surface area (Å²) in [5, 5.41) is 9.40. The van der Waals surface area contributed by atoms with Crippen molar-refractivity contribution in [1.82, 2.24) is 4.90 Å². The van der Waals surface area contributed by atoms with Crippen LogP contribution < -0.4 is 4.74 Å². The molecular formula is C21H28ClNO7. The number of benzene rings is 1. The lowest BCUT2D eigenvalue weighted by Crippen LogP contribution is -2.45. The van der Waals surface area contributed by atoms with Gasteiger partial charge < -0.3 is 19.3 Å². The van der Waals surface area contributed by atoms with Crippen molar-refractivity contribution in [3.8, 4) is 5.75 Å². The van der Waals surface area contributed by atoms with E-state index in [1.807, 2.05) is 0 Å². The molecule has 9 heteroatoms. The number of carboxylic acids is 1. The Bertz CT molecular complexity index is 790. The van der Waals surface area contributed by atoms with Gasteiger partial charge in [0.05, 0.1) is 12.1 Å². The minimum absolute atomic E-state index is 0.0248. The number of carboxylic acid groups (broad SMARTS) is 1. The maximum Gasteiger partial charge on any atom is 0.411 e. The van der Waals surface area contributed by atoms with Gasteiger partial charge in [0.25, 0.3) is 0 Å². The largest absolute Gasteiger partial charge is 0.488 e. The predicted octanol–water partition coefficient (Wildman–Crippen LogP) is 4.14. The molecule has 1 aliphatic heterocycles. The number of carbonyl (C=O) groups is 3. The number of carbonyl (C=O) groups excluding carboxylic acids is 2. The predicted molar refractivity (Wildman–Crippen MR) is 110 cm³/mol. The third-order valence-electron chi connectivity index (χ3n) is 3.99. The highest BCUT2D eigenvalue weighted by Gasteiger charge is 2.44. The van der Waals surface area contributed by atoms with Gasteiger partial charge in [0, 0.05) is 11.4 Å². The zero-order valence-corrected chi connectivity index (χ0v) is 18.8. The van der Waals surface area contributed by atoms with Gasteiger partial charge in [-0.25, -0.2) is 14.4 Å². The van der Waals surface area contributed by atoms with Crippen molar-refractivity contribution in [2.24, 2.45) is 0 Å². The fraction of sp³-hybridized carbons (Fsp3) is 0.571. The summed E-state index contributed by atoms with van der Waals surface area (Å²) in [5.41, 5.74) is -1.49. The lowest BCUT2D eigenvalue weighted by molar-refractivity contribution is -0.160. The summed E-state index contributed by atoms with van der Waals surface area (Å²) in [6, 6.07) is 3.24. The van der Waals surface area contributed by atoms with Gasteiger partial charge in [-0.1, -0.05) is 11.6 Å². The molecule has 0 bridgehead atoms. The highest BCUT2D eigenvalue weighted by Crippen LogP contribution is 2.29. The smallest absolute Gasteiger partial charge is 0.411 e. The molecule has 0 spiro atoms. The summed E-state index contributed by atoms with van der Waals surface area (Å²) >= 11 is 5.98. The Kier molecular flexibility index (Phi) is 6.91. The highest BCUT2D eigenvalue weighted by molar-refractivity contribution is 6.31. The Hall–Kier alpha value is -2.48. The molecule has 1 N–H and O–H groups in total. The van der Waals surface area contributed by atoms with Crippen molar-refractivity contribution in [2.75, 3.05) is 6.54 Å². The number of esters is 1. The van der Waals surface area contributed by atoms with Crippen LogP contribution >= 0.6 is 11.6 Å². The van der Waals surface area contributed by atoms with E-state index in [4.69, 9.17) is 25.8 Å². The molecule has 1 heterocycles. The molecule has 1 fully saturated rings. The molecule has 0 unspecified atom stereocenters. The normalized spacial score (nSPS) is 19.4. The molecule has 1 aromatic rings. The third-order valence-corrected chi connectivity index (χ3v) is 4.21. The van der Waals surface area contributed by atoms with E-state index in [1.54, 1.807) is 41.5 Å². The summed E-state index contributed by atoms with van der Waals surface area (Å²) in [5.74, 6) is -1.47. The Labute approximate surface area is 181 Å². The maximum absolute atomic E-state index is 12.7. The second-order valence-corrected chi connectivity index (χ2v) is 9.57. The van der Waals surface area contributed by atoms with E-state index in [1.165, 1.54) is 23.1 Å². The van der Waals surface area contributed by atoms with E-state index in [2.05, 4.69) is 0 Å². The first kappa shape index (κ1) is 23.8. The van der Waals surface area contributed by atoms with Crippen LogP contribution in [-0.4, -0.2) is 57.9 Å². The monoisotopic (exact) mass is 441 g/mol. The Morgan fingerprint density at radius 3 is 2.17 bits per heavy atom. The molecule has 2 rings (SSSR count). The Balaban J connectivity index is 2.24. The van der Waals surface area contributed by atoms with E-state index in [0.717, 1.165) is 0 Å². The molecule has 1 saturated heterocycles. The molecule has 1 aromatic carbocycles. The van der Waals surface area contributed by atoms with Crippen LogP contribution in [-0.2, 0) is 14.3 Å². The van der Waals surface area contributed by atoms with Gasteiger partial charge in [-0.2, -0.15) is 0 Å². The quantitative estimate of drug-likeness (QED) is 0.700. The van der Waals surface area contributed by atoms with Gasteiger partial charge in [-0.05, 0) is 59.7 Å². The number of nitrogens with zero attached hydrogens (tertiary/aromatic N) is 1. The standard InChI is InChI=1S/C21H28ClNO7/c1-20(2,3)29-18(26)16-10-15(11-23(16)19(27)30-21(4,5)6)28-14-8-12(17(24)25)7-13(22)9-14/h7-9,15-16H,10-11H2,1-6H3,(H,24,25)/t15-,16-/m0/s1. The summed E-state index contributed by atoms with van der Waals surface area (Å²) in [7, 11) is 0. The second kappa shape index (κ2) is 8.71. The molecule has 166 valence electrons. The van der Waals surface area contributed by atoms with Crippen LogP contribution in [0.5, 0.6) is 5.75 Å². The van der Waals surface area contributed by atoms with Crippen molar-refractivity contribution < 1.29 is 33.7 Å². The summed E-state index contributed by atoms with van der Waals surface area (Å²) in [4.78, 5) is 37.9. The van der Waals surface area contributed by atoms with Gasteiger partial charge in [0.15, 0.2) is 0 Å².